The first kappa shape index (κ1) is 23.7. The predicted octanol–water partition coefficient (Wildman–Crippen LogP) is -1.54. The predicted molar refractivity (Wildman–Crippen MR) is 102 cm³/mol. The van der Waals surface area contributed by atoms with Crippen molar-refractivity contribution in [3.63, 3.8) is 0 Å². The van der Waals surface area contributed by atoms with E-state index < -0.39 is 35.7 Å². The average Bonchev–Trinajstić information content (AvgIpc) is 3.07. The third-order valence-corrected chi connectivity index (χ3v) is 4.60. The number of aliphatic carboxylic acids is 1. The van der Waals surface area contributed by atoms with Gasteiger partial charge in [0.1, 0.15) is 12.3 Å². The molecule has 1 fully saturated rings. The number of nitrogens with zero attached hydrogens (tertiary/aromatic N) is 1. The number of amides is 1. The molecular formula is C18H27N3O9. The van der Waals surface area contributed by atoms with E-state index in [9.17, 15) is 24.3 Å². The number of aliphatic hydroxyl groups excluding tert-OH is 2. The molecule has 0 aliphatic carbocycles. The molecule has 2 rings (SSSR count). The van der Waals surface area contributed by atoms with Crippen molar-refractivity contribution in [3.05, 3.63) is 32.6 Å². The van der Waals surface area contributed by atoms with E-state index in [-0.39, 0.29) is 43.9 Å². The molecule has 1 amide bonds. The molecule has 1 aromatic rings. The molecule has 0 aromatic carbocycles. The van der Waals surface area contributed by atoms with Crippen molar-refractivity contribution in [2.75, 3.05) is 19.8 Å². The minimum absolute atomic E-state index is 0.0424. The van der Waals surface area contributed by atoms with E-state index in [1.807, 2.05) is 0 Å². The average molecular weight is 429 g/mol. The number of nitrogens with one attached hydrogen (secondary N) is 2. The largest absolute Gasteiger partial charge is 0.481 e. The second-order valence-electron chi connectivity index (χ2n) is 6.94. The standard InChI is InChI=1S/C18H27N3O9/c22-9-13-12(23)7-15(30-13)21-8-11(17(27)20-18(21)28)10-29-6-2-1-5-19-14(24)3-4-16(25)26/h8,12-13,15,22-23H,1-7,9-10H2,(H,19,24)(H,25,26)(H,20,27,28)/t12-,13+,15+/m0/s1. The highest BCUT2D eigenvalue weighted by Gasteiger charge is 2.35. The first-order chi connectivity index (χ1) is 14.3. The molecule has 0 radical (unpaired) electrons. The number of hydrogen-bond donors (Lipinski definition) is 5. The fourth-order valence-corrected chi connectivity index (χ4v) is 2.94. The molecule has 168 valence electrons. The molecule has 1 aliphatic rings. The number of carboxylic acids is 1. The van der Waals surface area contributed by atoms with E-state index in [4.69, 9.17) is 19.7 Å². The summed E-state index contributed by atoms with van der Waals surface area (Å²) in [7, 11) is 0. The fourth-order valence-electron chi connectivity index (χ4n) is 2.94. The summed E-state index contributed by atoms with van der Waals surface area (Å²) in [6.45, 7) is 0.278. The summed E-state index contributed by atoms with van der Waals surface area (Å²) in [4.78, 5) is 48.0. The maximum Gasteiger partial charge on any atom is 0.330 e. The monoisotopic (exact) mass is 429 g/mol. The van der Waals surface area contributed by atoms with Gasteiger partial charge in [-0.2, -0.15) is 0 Å². The minimum atomic E-state index is -1.02. The summed E-state index contributed by atoms with van der Waals surface area (Å²) in [5.74, 6) is -1.35. The zero-order valence-electron chi connectivity index (χ0n) is 16.4. The van der Waals surface area contributed by atoms with Crippen molar-refractivity contribution in [2.24, 2.45) is 0 Å². The van der Waals surface area contributed by atoms with E-state index in [0.29, 0.717) is 26.0 Å². The fraction of sp³-hybridized carbons (Fsp3) is 0.667. The van der Waals surface area contributed by atoms with Crippen LogP contribution in [0.3, 0.4) is 0 Å². The van der Waals surface area contributed by atoms with Gasteiger partial charge in [-0.3, -0.25) is 23.9 Å². The van der Waals surface area contributed by atoms with Gasteiger partial charge in [0, 0.05) is 32.2 Å². The zero-order valence-corrected chi connectivity index (χ0v) is 16.4. The smallest absolute Gasteiger partial charge is 0.330 e. The number of ether oxygens (including phenoxy) is 2. The molecule has 2 heterocycles. The van der Waals surface area contributed by atoms with Gasteiger partial charge in [0.25, 0.3) is 5.56 Å². The zero-order chi connectivity index (χ0) is 22.1. The minimum Gasteiger partial charge on any atom is -0.481 e. The van der Waals surface area contributed by atoms with Gasteiger partial charge >= 0.3 is 11.7 Å². The van der Waals surface area contributed by atoms with Crippen LogP contribution in [0, 0.1) is 0 Å². The molecule has 1 aliphatic heterocycles. The lowest BCUT2D eigenvalue weighted by molar-refractivity contribution is -0.138. The molecule has 1 aromatic heterocycles. The Labute approximate surface area is 171 Å². The van der Waals surface area contributed by atoms with E-state index in [1.165, 1.54) is 6.20 Å². The Hall–Kier alpha value is -2.54. The molecule has 0 spiro atoms. The molecule has 30 heavy (non-hydrogen) atoms. The molecule has 5 N–H and O–H groups in total. The van der Waals surface area contributed by atoms with Crippen molar-refractivity contribution >= 4 is 11.9 Å². The van der Waals surface area contributed by atoms with Gasteiger partial charge in [0.2, 0.25) is 5.91 Å². The van der Waals surface area contributed by atoms with Crippen LogP contribution in [0.4, 0.5) is 0 Å². The molecule has 12 heteroatoms. The van der Waals surface area contributed by atoms with Crippen LogP contribution in [0.25, 0.3) is 0 Å². The van der Waals surface area contributed by atoms with Gasteiger partial charge in [-0.1, -0.05) is 0 Å². The SMILES string of the molecule is O=C(O)CCC(=O)NCCCCOCc1cn([C@H]2C[C@H](O)[C@@H](CO)O2)c(=O)[nH]c1=O. The van der Waals surface area contributed by atoms with Crippen LogP contribution in [0.1, 0.15) is 43.9 Å². The summed E-state index contributed by atoms with van der Waals surface area (Å²) in [5.41, 5.74) is -1.06. The van der Waals surface area contributed by atoms with Gasteiger partial charge in [-0.15, -0.1) is 0 Å². The van der Waals surface area contributed by atoms with Crippen LogP contribution in [0.2, 0.25) is 0 Å². The Bertz CT molecular complexity index is 835. The van der Waals surface area contributed by atoms with Crippen molar-refractivity contribution in [1.82, 2.24) is 14.9 Å². The summed E-state index contributed by atoms with van der Waals surface area (Å²) < 4.78 is 12.0. The summed E-state index contributed by atoms with van der Waals surface area (Å²) in [5, 5.41) is 30.1. The second kappa shape index (κ2) is 11.6. The van der Waals surface area contributed by atoms with Crippen LogP contribution in [0.5, 0.6) is 0 Å². The highest BCUT2D eigenvalue weighted by molar-refractivity contribution is 5.80. The van der Waals surface area contributed by atoms with Gasteiger partial charge in [0.15, 0.2) is 0 Å². The molecule has 0 saturated carbocycles. The van der Waals surface area contributed by atoms with Crippen LogP contribution in [0.15, 0.2) is 15.8 Å². The lowest BCUT2D eigenvalue weighted by Crippen LogP contribution is -2.34. The number of hydrogen-bond acceptors (Lipinski definition) is 8. The highest BCUT2D eigenvalue weighted by atomic mass is 16.5. The molecule has 0 unspecified atom stereocenters. The van der Waals surface area contributed by atoms with Gasteiger partial charge in [0.05, 0.1) is 31.3 Å². The van der Waals surface area contributed by atoms with E-state index >= 15 is 0 Å². The van der Waals surface area contributed by atoms with Gasteiger partial charge in [-0.25, -0.2) is 4.79 Å². The maximum atomic E-state index is 12.0. The summed E-state index contributed by atoms with van der Waals surface area (Å²) in [6.07, 6.45) is -0.136. The van der Waals surface area contributed by atoms with E-state index in [1.54, 1.807) is 0 Å². The Morgan fingerprint density at radius 3 is 2.73 bits per heavy atom. The molecule has 12 nitrogen and oxygen atoms in total. The number of rotatable bonds is 12. The lowest BCUT2D eigenvalue weighted by atomic mass is 10.2. The van der Waals surface area contributed by atoms with Crippen molar-refractivity contribution in [2.45, 2.75) is 57.1 Å². The number of aliphatic hydroxyl groups is 2. The number of aromatic nitrogens is 2. The number of carboxylic acid groups (broad SMARTS) is 1. The van der Waals surface area contributed by atoms with Crippen molar-refractivity contribution in [3.8, 4) is 0 Å². The molecule has 3 atom stereocenters. The van der Waals surface area contributed by atoms with Crippen LogP contribution >= 0.6 is 0 Å². The number of unbranched alkanes of at least 4 members (excludes halogenated alkanes) is 1. The third kappa shape index (κ3) is 7.06. The van der Waals surface area contributed by atoms with Crippen LogP contribution in [-0.4, -0.2) is 68.7 Å². The van der Waals surface area contributed by atoms with E-state index in [2.05, 4.69) is 10.3 Å². The number of aromatic amines is 1. The summed E-state index contributed by atoms with van der Waals surface area (Å²) in [6, 6.07) is 0. The van der Waals surface area contributed by atoms with Crippen molar-refractivity contribution < 1.29 is 34.4 Å². The third-order valence-electron chi connectivity index (χ3n) is 4.60. The van der Waals surface area contributed by atoms with Crippen LogP contribution < -0.4 is 16.6 Å². The Morgan fingerprint density at radius 1 is 1.30 bits per heavy atom. The van der Waals surface area contributed by atoms with E-state index in [0.717, 1.165) is 4.57 Å². The topological polar surface area (TPSA) is 180 Å². The van der Waals surface area contributed by atoms with Crippen LogP contribution in [-0.2, 0) is 25.7 Å². The summed E-state index contributed by atoms with van der Waals surface area (Å²) >= 11 is 0. The Balaban J connectivity index is 1.75. The van der Waals surface area contributed by atoms with Gasteiger partial charge in [-0.05, 0) is 12.8 Å². The maximum absolute atomic E-state index is 12.0. The highest BCUT2D eigenvalue weighted by Crippen LogP contribution is 2.27. The number of carbonyl (C=O) groups excluding carboxylic acids is 1. The molecule has 1 saturated heterocycles. The van der Waals surface area contributed by atoms with Crippen molar-refractivity contribution in [1.29, 1.82) is 0 Å². The molecule has 0 bridgehead atoms. The van der Waals surface area contributed by atoms with Gasteiger partial charge < -0.3 is 30.1 Å². The first-order valence-electron chi connectivity index (χ1n) is 9.66. The number of H-pyrrole nitrogens is 1. The number of carbonyl (C=O) groups is 2. The molecular weight excluding hydrogens is 402 g/mol. The first-order valence-corrected chi connectivity index (χ1v) is 9.66. The Morgan fingerprint density at radius 2 is 2.07 bits per heavy atom. The normalized spacial score (nSPS) is 20.9. The quantitative estimate of drug-likeness (QED) is 0.246. The Kier molecular flexibility index (Phi) is 9.17. The second-order valence-corrected chi connectivity index (χ2v) is 6.94. The lowest BCUT2D eigenvalue weighted by Gasteiger charge is -2.15.